The van der Waals surface area contributed by atoms with Crippen molar-refractivity contribution >= 4 is 13.7 Å². The molecular formula is C14H22O2Si. The normalized spacial score (nSPS) is 25.8. The second-order valence-electron chi connectivity index (χ2n) is 5.64. The van der Waals surface area contributed by atoms with Crippen molar-refractivity contribution in [1.29, 1.82) is 0 Å². The van der Waals surface area contributed by atoms with Crippen molar-refractivity contribution < 1.29 is 8.85 Å². The van der Waals surface area contributed by atoms with Crippen LogP contribution in [0.15, 0.2) is 30.3 Å². The van der Waals surface area contributed by atoms with Gasteiger partial charge in [-0.05, 0) is 44.8 Å². The summed E-state index contributed by atoms with van der Waals surface area (Å²) in [5.41, 5.74) is -0.139. The first-order valence-electron chi connectivity index (χ1n) is 6.42. The Balaban J connectivity index is 2.30. The SMILES string of the molecule is CC(C)(C)O[Si]1(c2ccccc2)CCCCO1. The molecule has 1 atom stereocenters. The predicted molar refractivity (Wildman–Crippen MR) is 72.7 cm³/mol. The van der Waals surface area contributed by atoms with Crippen molar-refractivity contribution in [3.05, 3.63) is 30.3 Å². The molecule has 1 aromatic carbocycles. The lowest BCUT2D eigenvalue weighted by molar-refractivity contribution is 0.0621. The van der Waals surface area contributed by atoms with Crippen LogP contribution in [0.4, 0.5) is 0 Å². The Labute approximate surface area is 105 Å². The van der Waals surface area contributed by atoms with E-state index < -0.39 is 8.56 Å². The second kappa shape index (κ2) is 4.92. The lowest BCUT2D eigenvalue weighted by Gasteiger charge is -2.39. The van der Waals surface area contributed by atoms with Crippen LogP contribution < -0.4 is 5.19 Å². The third kappa shape index (κ3) is 3.18. The summed E-state index contributed by atoms with van der Waals surface area (Å²) in [5.74, 6) is 0. The molecule has 0 saturated carbocycles. The molecule has 0 amide bonds. The van der Waals surface area contributed by atoms with Gasteiger partial charge in [-0.25, -0.2) is 0 Å². The third-order valence-electron chi connectivity index (χ3n) is 2.92. The van der Waals surface area contributed by atoms with Crippen LogP contribution in [-0.4, -0.2) is 20.8 Å². The van der Waals surface area contributed by atoms with Gasteiger partial charge in [0.05, 0.1) is 5.60 Å². The van der Waals surface area contributed by atoms with Crippen molar-refractivity contribution in [2.75, 3.05) is 6.61 Å². The van der Waals surface area contributed by atoms with Gasteiger partial charge in [-0.15, -0.1) is 0 Å². The van der Waals surface area contributed by atoms with Crippen molar-refractivity contribution in [2.45, 2.75) is 45.3 Å². The first-order valence-corrected chi connectivity index (χ1v) is 8.44. The quantitative estimate of drug-likeness (QED) is 0.751. The summed E-state index contributed by atoms with van der Waals surface area (Å²) < 4.78 is 12.5. The molecule has 0 bridgehead atoms. The molecule has 0 aliphatic carbocycles. The fourth-order valence-corrected chi connectivity index (χ4v) is 6.08. The van der Waals surface area contributed by atoms with Gasteiger partial charge in [0.1, 0.15) is 0 Å². The first kappa shape index (κ1) is 12.8. The van der Waals surface area contributed by atoms with Gasteiger partial charge in [0.2, 0.25) is 0 Å². The third-order valence-corrected chi connectivity index (χ3v) is 6.76. The van der Waals surface area contributed by atoms with E-state index >= 15 is 0 Å². The monoisotopic (exact) mass is 250 g/mol. The Morgan fingerprint density at radius 3 is 2.35 bits per heavy atom. The van der Waals surface area contributed by atoms with Crippen molar-refractivity contribution in [1.82, 2.24) is 0 Å². The molecule has 94 valence electrons. The highest BCUT2D eigenvalue weighted by molar-refractivity contribution is 6.81. The van der Waals surface area contributed by atoms with Crippen LogP contribution in [0.5, 0.6) is 0 Å². The summed E-state index contributed by atoms with van der Waals surface area (Å²) >= 11 is 0. The van der Waals surface area contributed by atoms with Crippen LogP contribution in [0.3, 0.4) is 0 Å². The predicted octanol–water partition coefficient (Wildman–Crippen LogP) is 2.96. The van der Waals surface area contributed by atoms with Gasteiger partial charge in [0, 0.05) is 6.61 Å². The Morgan fingerprint density at radius 1 is 1.12 bits per heavy atom. The zero-order chi connectivity index (χ0) is 12.4. The fourth-order valence-electron chi connectivity index (χ4n) is 2.32. The van der Waals surface area contributed by atoms with E-state index in [1.54, 1.807) is 0 Å². The lowest BCUT2D eigenvalue weighted by Crippen LogP contribution is -2.58. The van der Waals surface area contributed by atoms with E-state index in [-0.39, 0.29) is 5.60 Å². The van der Waals surface area contributed by atoms with E-state index in [9.17, 15) is 0 Å². The Kier molecular flexibility index (Phi) is 3.71. The standard InChI is InChI=1S/C14H22O2Si/c1-14(2,3)16-17(12-8-7-11-15-17)13-9-5-4-6-10-13/h4-6,9-10H,7-8,11-12H2,1-3H3. The van der Waals surface area contributed by atoms with Gasteiger partial charge in [-0.1, -0.05) is 30.3 Å². The molecular weight excluding hydrogens is 228 g/mol. The fraction of sp³-hybridized carbons (Fsp3) is 0.571. The molecule has 1 saturated heterocycles. The van der Waals surface area contributed by atoms with Crippen LogP contribution in [0.2, 0.25) is 6.04 Å². The highest BCUT2D eigenvalue weighted by Crippen LogP contribution is 2.27. The van der Waals surface area contributed by atoms with Gasteiger partial charge in [-0.3, -0.25) is 0 Å². The van der Waals surface area contributed by atoms with Crippen LogP contribution >= 0.6 is 0 Å². The van der Waals surface area contributed by atoms with Gasteiger partial charge in [-0.2, -0.15) is 0 Å². The zero-order valence-corrected chi connectivity index (χ0v) is 12.0. The number of hydrogen-bond donors (Lipinski definition) is 0. The minimum Gasteiger partial charge on any atom is -0.391 e. The van der Waals surface area contributed by atoms with Crippen molar-refractivity contribution in [3.63, 3.8) is 0 Å². The molecule has 0 radical (unpaired) electrons. The second-order valence-corrected chi connectivity index (χ2v) is 8.71. The average molecular weight is 250 g/mol. The zero-order valence-electron chi connectivity index (χ0n) is 11.0. The van der Waals surface area contributed by atoms with Gasteiger partial charge < -0.3 is 8.85 Å². The number of benzene rings is 1. The molecule has 1 heterocycles. The molecule has 2 rings (SSSR count). The largest absolute Gasteiger partial charge is 0.391 e. The lowest BCUT2D eigenvalue weighted by atomic mass is 10.2. The Bertz CT molecular complexity index is 350. The topological polar surface area (TPSA) is 18.5 Å². The number of rotatable bonds is 2. The van der Waals surface area contributed by atoms with Crippen LogP contribution in [-0.2, 0) is 8.85 Å². The van der Waals surface area contributed by atoms with Crippen molar-refractivity contribution in [3.8, 4) is 0 Å². The summed E-state index contributed by atoms with van der Waals surface area (Å²) in [6.07, 6.45) is 2.38. The summed E-state index contributed by atoms with van der Waals surface area (Å²) in [4.78, 5) is 0. The first-order chi connectivity index (χ1) is 8.02. The highest BCUT2D eigenvalue weighted by atomic mass is 28.4. The van der Waals surface area contributed by atoms with Crippen LogP contribution in [0, 0.1) is 0 Å². The molecule has 0 aromatic heterocycles. The minimum absolute atomic E-state index is 0.139. The van der Waals surface area contributed by atoms with Crippen molar-refractivity contribution in [2.24, 2.45) is 0 Å². The molecule has 17 heavy (non-hydrogen) atoms. The summed E-state index contributed by atoms with van der Waals surface area (Å²) in [5, 5.41) is 1.27. The molecule has 0 spiro atoms. The molecule has 1 aromatic rings. The minimum atomic E-state index is -2.19. The summed E-state index contributed by atoms with van der Waals surface area (Å²) in [6, 6.07) is 11.6. The van der Waals surface area contributed by atoms with Crippen LogP contribution in [0.1, 0.15) is 33.6 Å². The molecule has 3 heteroatoms. The van der Waals surface area contributed by atoms with Crippen LogP contribution in [0.25, 0.3) is 0 Å². The van der Waals surface area contributed by atoms with E-state index in [1.807, 2.05) is 6.07 Å². The van der Waals surface area contributed by atoms with E-state index in [2.05, 4.69) is 45.0 Å². The van der Waals surface area contributed by atoms with E-state index in [1.165, 1.54) is 11.6 Å². The summed E-state index contributed by atoms with van der Waals surface area (Å²) in [7, 11) is -2.19. The van der Waals surface area contributed by atoms with Gasteiger partial charge >= 0.3 is 8.56 Å². The molecule has 1 aliphatic heterocycles. The average Bonchev–Trinajstić information content (AvgIpc) is 2.29. The van der Waals surface area contributed by atoms with E-state index in [0.29, 0.717) is 0 Å². The molecule has 2 nitrogen and oxygen atoms in total. The van der Waals surface area contributed by atoms with Gasteiger partial charge in [0.25, 0.3) is 0 Å². The summed E-state index contributed by atoms with van der Waals surface area (Å²) in [6.45, 7) is 7.19. The maximum absolute atomic E-state index is 6.37. The van der Waals surface area contributed by atoms with E-state index in [0.717, 1.165) is 19.1 Å². The molecule has 1 unspecified atom stereocenters. The Morgan fingerprint density at radius 2 is 1.82 bits per heavy atom. The highest BCUT2D eigenvalue weighted by Gasteiger charge is 2.44. The molecule has 1 aliphatic rings. The Hall–Kier alpha value is -0.643. The maximum Gasteiger partial charge on any atom is 0.372 e. The number of hydrogen-bond acceptors (Lipinski definition) is 2. The van der Waals surface area contributed by atoms with Gasteiger partial charge in [0.15, 0.2) is 0 Å². The molecule has 0 N–H and O–H groups in total. The smallest absolute Gasteiger partial charge is 0.372 e. The maximum atomic E-state index is 6.37. The molecule has 1 fully saturated rings. The van der Waals surface area contributed by atoms with E-state index in [4.69, 9.17) is 8.85 Å².